The third-order valence-corrected chi connectivity index (χ3v) is 3.44. The fourth-order valence-corrected chi connectivity index (χ4v) is 2.37. The van der Waals surface area contributed by atoms with Crippen LogP contribution < -0.4 is 5.32 Å². The summed E-state index contributed by atoms with van der Waals surface area (Å²) in [6.07, 6.45) is 0.686. The van der Waals surface area contributed by atoms with E-state index in [0.29, 0.717) is 10.8 Å². The van der Waals surface area contributed by atoms with Gasteiger partial charge in [0.05, 0.1) is 11.0 Å². The highest BCUT2D eigenvalue weighted by Crippen LogP contribution is 2.10. The molecule has 0 unspecified atom stereocenters. The minimum atomic E-state index is -0.635. The number of nitrogens with one attached hydrogen (secondary N) is 1. The second-order valence-corrected chi connectivity index (χ2v) is 6.00. The first-order valence-corrected chi connectivity index (χ1v) is 7.33. The van der Waals surface area contributed by atoms with Crippen molar-refractivity contribution in [3.63, 3.8) is 0 Å². The van der Waals surface area contributed by atoms with Crippen molar-refractivity contribution in [1.82, 2.24) is 5.32 Å². The Morgan fingerprint density at radius 3 is 2.53 bits per heavy atom. The summed E-state index contributed by atoms with van der Waals surface area (Å²) in [5, 5.41) is 4.46. The van der Waals surface area contributed by atoms with Crippen LogP contribution in [-0.2, 0) is 9.53 Å². The maximum atomic E-state index is 11.8. The molecule has 1 aromatic heterocycles. The molecular formula is C14H21NO3S. The summed E-state index contributed by atoms with van der Waals surface area (Å²) >= 11 is 1.34. The van der Waals surface area contributed by atoms with Crippen molar-refractivity contribution in [1.29, 1.82) is 0 Å². The molecule has 4 nitrogen and oxygen atoms in total. The van der Waals surface area contributed by atoms with Gasteiger partial charge in [0.15, 0.2) is 0 Å². The molecule has 5 heteroatoms. The Bertz CT molecular complexity index is 414. The molecule has 106 valence electrons. The Balaban J connectivity index is 2.42. The van der Waals surface area contributed by atoms with E-state index in [4.69, 9.17) is 4.74 Å². The molecule has 0 saturated heterocycles. The van der Waals surface area contributed by atoms with Gasteiger partial charge in [-0.15, -0.1) is 11.3 Å². The molecule has 1 rings (SSSR count). The minimum Gasteiger partial charge on any atom is -0.461 e. The third kappa shape index (κ3) is 5.42. The average Bonchev–Trinajstić information content (AvgIpc) is 2.80. The Morgan fingerprint density at radius 1 is 1.32 bits per heavy atom. The van der Waals surface area contributed by atoms with Crippen molar-refractivity contribution in [3.05, 3.63) is 22.4 Å². The van der Waals surface area contributed by atoms with Crippen LogP contribution in [0.2, 0.25) is 0 Å². The smallest absolute Gasteiger partial charge is 0.328 e. The second kappa shape index (κ2) is 7.28. The maximum Gasteiger partial charge on any atom is 0.328 e. The molecule has 0 saturated carbocycles. The zero-order chi connectivity index (χ0) is 14.4. The highest BCUT2D eigenvalue weighted by molar-refractivity contribution is 7.12. The van der Waals surface area contributed by atoms with E-state index >= 15 is 0 Å². The normalized spacial score (nSPS) is 13.9. The zero-order valence-corrected chi connectivity index (χ0v) is 12.6. The van der Waals surface area contributed by atoms with Gasteiger partial charge in [-0.3, -0.25) is 4.79 Å². The Morgan fingerprint density at radius 2 is 2.00 bits per heavy atom. The topological polar surface area (TPSA) is 55.4 Å². The van der Waals surface area contributed by atoms with Gasteiger partial charge in [0.2, 0.25) is 0 Å². The zero-order valence-electron chi connectivity index (χ0n) is 11.8. The number of rotatable bonds is 6. The van der Waals surface area contributed by atoms with Crippen molar-refractivity contribution in [2.24, 2.45) is 5.92 Å². The predicted molar refractivity (Wildman–Crippen MR) is 76.3 cm³/mol. The molecule has 0 fully saturated rings. The van der Waals surface area contributed by atoms with Gasteiger partial charge < -0.3 is 10.1 Å². The first kappa shape index (κ1) is 15.7. The molecule has 0 aliphatic carbocycles. The SMILES string of the molecule is CC(C)C[C@H](C)OC(=O)[C@@H](C)NC(=O)c1cccs1. The first-order chi connectivity index (χ1) is 8.90. The van der Waals surface area contributed by atoms with E-state index in [9.17, 15) is 9.59 Å². The van der Waals surface area contributed by atoms with E-state index in [2.05, 4.69) is 19.2 Å². The predicted octanol–water partition coefficient (Wildman–Crippen LogP) is 2.84. The van der Waals surface area contributed by atoms with Crippen molar-refractivity contribution in [3.8, 4) is 0 Å². The largest absolute Gasteiger partial charge is 0.461 e. The lowest BCUT2D eigenvalue weighted by Gasteiger charge is -2.18. The number of amides is 1. The maximum absolute atomic E-state index is 11.8. The summed E-state index contributed by atoms with van der Waals surface area (Å²) < 4.78 is 5.29. The van der Waals surface area contributed by atoms with Crippen LogP contribution in [0.5, 0.6) is 0 Å². The van der Waals surface area contributed by atoms with Crippen molar-refractivity contribution < 1.29 is 14.3 Å². The fraction of sp³-hybridized carbons (Fsp3) is 0.571. The molecule has 0 spiro atoms. The van der Waals surface area contributed by atoms with E-state index in [1.54, 1.807) is 19.1 Å². The van der Waals surface area contributed by atoms with Gasteiger partial charge in [0.25, 0.3) is 5.91 Å². The van der Waals surface area contributed by atoms with Crippen LogP contribution in [0, 0.1) is 5.92 Å². The van der Waals surface area contributed by atoms with Gasteiger partial charge in [-0.2, -0.15) is 0 Å². The number of ether oxygens (including phenoxy) is 1. The number of carbonyl (C=O) groups excluding carboxylic acids is 2. The molecule has 1 N–H and O–H groups in total. The number of hydrogen-bond donors (Lipinski definition) is 1. The number of thiophene rings is 1. The van der Waals surface area contributed by atoms with Gasteiger partial charge in [-0.1, -0.05) is 19.9 Å². The van der Waals surface area contributed by atoms with E-state index < -0.39 is 12.0 Å². The minimum absolute atomic E-state index is 0.131. The average molecular weight is 283 g/mol. The fourth-order valence-electron chi connectivity index (χ4n) is 1.75. The van der Waals surface area contributed by atoms with Crippen molar-refractivity contribution >= 4 is 23.2 Å². The summed E-state index contributed by atoms with van der Waals surface area (Å²) in [4.78, 5) is 24.2. The van der Waals surface area contributed by atoms with Crippen LogP contribution in [0.1, 0.15) is 43.8 Å². The molecular weight excluding hydrogens is 262 g/mol. The molecule has 1 amide bonds. The summed E-state index contributed by atoms with van der Waals surface area (Å²) in [6.45, 7) is 7.65. The standard InChI is InChI=1S/C14H21NO3S/c1-9(2)8-10(3)18-14(17)11(4)15-13(16)12-6-5-7-19-12/h5-7,9-11H,8H2,1-4H3,(H,15,16)/t10-,11+/m0/s1. The highest BCUT2D eigenvalue weighted by Gasteiger charge is 2.20. The van der Waals surface area contributed by atoms with Crippen LogP contribution in [0.25, 0.3) is 0 Å². The molecule has 1 heterocycles. The van der Waals surface area contributed by atoms with Gasteiger partial charge in [0, 0.05) is 0 Å². The molecule has 1 aromatic rings. The van der Waals surface area contributed by atoms with E-state index in [1.165, 1.54) is 11.3 Å². The van der Waals surface area contributed by atoms with Crippen molar-refractivity contribution in [2.45, 2.75) is 46.3 Å². The molecule has 2 atom stereocenters. The lowest BCUT2D eigenvalue weighted by Crippen LogP contribution is -2.40. The number of carbonyl (C=O) groups is 2. The van der Waals surface area contributed by atoms with E-state index in [-0.39, 0.29) is 12.0 Å². The van der Waals surface area contributed by atoms with Crippen LogP contribution in [0.4, 0.5) is 0 Å². The summed E-state index contributed by atoms with van der Waals surface area (Å²) in [5.41, 5.74) is 0. The Labute approximate surface area is 118 Å². The number of esters is 1. The molecule has 0 radical (unpaired) electrons. The van der Waals surface area contributed by atoms with Crippen LogP contribution in [0.3, 0.4) is 0 Å². The lowest BCUT2D eigenvalue weighted by molar-refractivity contribution is -0.150. The molecule has 0 bridgehead atoms. The van der Waals surface area contributed by atoms with Crippen LogP contribution in [-0.4, -0.2) is 24.0 Å². The molecule has 0 aliphatic rings. The van der Waals surface area contributed by atoms with E-state index in [1.807, 2.05) is 12.3 Å². The third-order valence-electron chi connectivity index (χ3n) is 2.57. The van der Waals surface area contributed by atoms with Crippen LogP contribution >= 0.6 is 11.3 Å². The highest BCUT2D eigenvalue weighted by atomic mass is 32.1. The monoisotopic (exact) mass is 283 g/mol. The quantitative estimate of drug-likeness (QED) is 0.817. The van der Waals surface area contributed by atoms with Crippen molar-refractivity contribution in [2.75, 3.05) is 0 Å². The molecule has 0 aromatic carbocycles. The summed E-state index contributed by atoms with van der Waals surface area (Å²) in [5.74, 6) is -0.159. The molecule has 0 aliphatic heterocycles. The molecule has 19 heavy (non-hydrogen) atoms. The Kier molecular flexibility index (Phi) is 6.02. The van der Waals surface area contributed by atoms with Gasteiger partial charge in [0.1, 0.15) is 6.04 Å². The van der Waals surface area contributed by atoms with Gasteiger partial charge in [-0.25, -0.2) is 4.79 Å². The summed E-state index contributed by atoms with van der Waals surface area (Å²) in [7, 11) is 0. The Hall–Kier alpha value is -1.36. The van der Waals surface area contributed by atoms with E-state index in [0.717, 1.165) is 6.42 Å². The summed E-state index contributed by atoms with van der Waals surface area (Å²) in [6, 6.07) is 2.89. The number of hydrogen-bond acceptors (Lipinski definition) is 4. The van der Waals surface area contributed by atoms with Gasteiger partial charge >= 0.3 is 5.97 Å². The lowest BCUT2D eigenvalue weighted by atomic mass is 10.1. The first-order valence-electron chi connectivity index (χ1n) is 6.45. The van der Waals surface area contributed by atoms with Crippen LogP contribution in [0.15, 0.2) is 17.5 Å². The second-order valence-electron chi connectivity index (χ2n) is 5.05. The van der Waals surface area contributed by atoms with Gasteiger partial charge in [-0.05, 0) is 37.6 Å².